The molecule has 0 radical (unpaired) electrons. The third-order valence-corrected chi connectivity index (χ3v) is 1.98. The van der Waals surface area contributed by atoms with Crippen LogP contribution in [0.3, 0.4) is 0 Å². The molecular formula is C9H9N5O4. The summed E-state index contributed by atoms with van der Waals surface area (Å²) in [6.07, 6.45) is -0.353. The van der Waals surface area contributed by atoms with E-state index >= 15 is 0 Å². The number of pyridine rings is 1. The van der Waals surface area contributed by atoms with Crippen molar-refractivity contribution >= 4 is 17.4 Å². The number of aliphatic hydroxyl groups excluding tert-OH is 1. The number of nitrogens with two attached hydrogens (primary N) is 1. The van der Waals surface area contributed by atoms with Crippen LogP contribution < -0.4 is 11.1 Å². The molecule has 0 saturated carbocycles. The summed E-state index contributed by atoms with van der Waals surface area (Å²) in [6.45, 7) is -0.310. The molecule has 0 fully saturated rings. The highest BCUT2D eigenvalue weighted by Crippen LogP contribution is 2.22. The highest BCUT2D eigenvalue weighted by atomic mass is 16.6. The highest BCUT2D eigenvalue weighted by molar-refractivity contribution is 5.79. The molecule has 1 unspecified atom stereocenters. The van der Waals surface area contributed by atoms with Gasteiger partial charge in [0, 0.05) is 12.3 Å². The van der Waals surface area contributed by atoms with Crippen LogP contribution in [0.2, 0.25) is 0 Å². The molecule has 0 aliphatic heterocycles. The quantitative estimate of drug-likeness (QED) is 0.453. The summed E-state index contributed by atoms with van der Waals surface area (Å²) in [6, 6.07) is 2.75. The van der Waals surface area contributed by atoms with Crippen LogP contribution in [0.15, 0.2) is 12.3 Å². The Labute approximate surface area is 101 Å². The molecule has 1 aromatic rings. The van der Waals surface area contributed by atoms with Gasteiger partial charge in [0.15, 0.2) is 0 Å². The van der Waals surface area contributed by atoms with Gasteiger partial charge in [-0.25, -0.2) is 4.98 Å². The lowest BCUT2D eigenvalue weighted by molar-refractivity contribution is -0.384. The van der Waals surface area contributed by atoms with Crippen molar-refractivity contribution in [2.75, 3.05) is 11.9 Å². The van der Waals surface area contributed by atoms with E-state index in [0.717, 1.165) is 12.3 Å². The number of hydrogen-bond donors (Lipinski definition) is 3. The van der Waals surface area contributed by atoms with Gasteiger partial charge in [0.1, 0.15) is 12.2 Å². The first-order valence-electron chi connectivity index (χ1n) is 4.71. The van der Waals surface area contributed by atoms with Gasteiger partial charge in [-0.15, -0.1) is 0 Å². The van der Waals surface area contributed by atoms with E-state index < -0.39 is 22.6 Å². The molecule has 1 heterocycles. The lowest BCUT2D eigenvalue weighted by Crippen LogP contribution is -2.34. The number of nitrogens with zero attached hydrogens (tertiary/aromatic N) is 3. The number of hydrogen-bond acceptors (Lipinski definition) is 7. The van der Waals surface area contributed by atoms with Gasteiger partial charge < -0.3 is 16.2 Å². The lowest BCUT2D eigenvalue weighted by Gasteiger charge is -2.08. The summed E-state index contributed by atoms with van der Waals surface area (Å²) in [7, 11) is 0. The minimum Gasteiger partial charge on any atom is -0.381 e. The predicted octanol–water partition coefficient (Wildman–Crippen LogP) is -0.880. The van der Waals surface area contributed by atoms with Crippen LogP contribution in [0.4, 0.5) is 11.5 Å². The first-order chi connectivity index (χ1) is 8.45. The number of rotatable bonds is 5. The summed E-state index contributed by atoms with van der Waals surface area (Å²) in [4.78, 5) is 24.2. The minimum atomic E-state index is -1.48. The molecule has 4 N–H and O–H groups in total. The van der Waals surface area contributed by atoms with Gasteiger partial charge in [0.05, 0.1) is 17.0 Å². The third kappa shape index (κ3) is 3.13. The monoisotopic (exact) mass is 251 g/mol. The highest BCUT2D eigenvalue weighted by Gasteiger charge is 2.18. The molecule has 1 aromatic heterocycles. The number of carbonyl (C=O) groups is 1. The summed E-state index contributed by atoms with van der Waals surface area (Å²) in [5.41, 5.74) is 4.42. The molecule has 18 heavy (non-hydrogen) atoms. The van der Waals surface area contributed by atoms with E-state index in [-0.39, 0.29) is 17.9 Å². The number of primary amides is 1. The number of aliphatic hydroxyl groups is 1. The Morgan fingerprint density at radius 2 is 2.44 bits per heavy atom. The maximum atomic E-state index is 10.7. The van der Waals surface area contributed by atoms with Crippen molar-refractivity contribution in [3.8, 4) is 6.07 Å². The van der Waals surface area contributed by atoms with Gasteiger partial charge in [-0.2, -0.15) is 5.26 Å². The number of nitrogens with one attached hydrogen (secondary N) is 1. The second-order valence-corrected chi connectivity index (χ2v) is 3.26. The second kappa shape index (κ2) is 5.55. The molecule has 9 heteroatoms. The third-order valence-electron chi connectivity index (χ3n) is 1.98. The number of amides is 1. The number of aromatic nitrogens is 1. The number of nitriles is 1. The van der Waals surface area contributed by atoms with E-state index in [1.165, 1.54) is 0 Å². The molecular weight excluding hydrogens is 242 g/mol. The SMILES string of the molecule is N#Cc1cnc(NCC(O)C(N)=O)c([N+](=O)[O-])c1. The van der Waals surface area contributed by atoms with Gasteiger partial charge in [-0.1, -0.05) is 0 Å². The molecule has 0 aliphatic rings. The molecule has 1 amide bonds. The van der Waals surface area contributed by atoms with Crippen LogP contribution in [0.25, 0.3) is 0 Å². The summed E-state index contributed by atoms with van der Waals surface area (Å²) < 4.78 is 0. The van der Waals surface area contributed by atoms with Crippen LogP contribution in [0.5, 0.6) is 0 Å². The van der Waals surface area contributed by atoms with Crippen molar-refractivity contribution in [1.82, 2.24) is 4.98 Å². The van der Waals surface area contributed by atoms with Crippen molar-refractivity contribution in [2.24, 2.45) is 5.73 Å². The van der Waals surface area contributed by atoms with Crippen LogP contribution >= 0.6 is 0 Å². The van der Waals surface area contributed by atoms with Crippen LogP contribution in [0.1, 0.15) is 5.56 Å². The molecule has 0 aromatic carbocycles. The maximum Gasteiger partial charge on any atom is 0.312 e. The zero-order valence-corrected chi connectivity index (χ0v) is 9.03. The molecule has 94 valence electrons. The smallest absolute Gasteiger partial charge is 0.312 e. The molecule has 0 saturated heterocycles. The summed E-state index contributed by atoms with van der Waals surface area (Å²) in [5.74, 6) is -1.11. The van der Waals surface area contributed by atoms with E-state index in [9.17, 15) is 14.9 Å². The summed E-state index contributed by atoms with van der Waals surface area (Å²) >= 11 is 0. The average Bonchev–Trinajstić information content (AvgIpc) is 2.35. The Morgan fingerprint density at radius 1 is 1.78 bits per heavy atom. The largest absolute Gasteiger partial charge is 0.381 e. The Balaban J connectivity index is 2.92. The standard InChI is InChI=1S/C9H9N5O4/c10-2-5-1-6(14(17)18)9(12-3-5)13-4-7(15)8(11)16/h1,3,7,15H,4H2,(H2,11,16)(H,12,13). The zero-order chi connectivity index (χ0) is 13.7. The molecule has 1 rings (SSSR count). The normalized spacial score (nSPS) is 11.3. The van der Waals surface area contributed by atoms with Gasteiger partial charge in [-0.3, -0.25) is 14.9 Å². The van der Waals surface area contributed by atoms with E-state index in [2.05, 4.69) is 10.3 Å². The molecule has 9 nitrogen and oxygen atoms in total. The van der Waals surface area contributed by atoms with Gasteiger partial charge in [-0.05, 0) is 0 Å². The summed E-state index contributed by atoms with van der Waals surface area (Å²) in [5, 5.41) is 30.9. The maximum absolute atomic E-state index is 10.7. The lowest BCUT2D eigenvalue weighted by atomic mass is 10.2. The molecule has 1 atom stereocenters. The van der Waals surface area contributed by atoms with E-state index in [1.807, 2.05) is 0 Å². The molecule has 0 bridgehead atoms. The van der Waals surface area contributed by atoms with Crippen LogP contribution in [-0.2, 0) is 4.79 Å². The van der Waals surface area contributed by atoms with Crippen LogP contribution in [0, 0.1) is 21.4 Å². The van der Waals surface area contributed by atoms with Crippen molar-refractivity contribution < 1.29 is 14.8 Å². The van der Waals surface area contributed by atoms with E-state index in [4.69, 9.17) is 16.1 Å². The van der Waals surface area contributed by atoms with E-state index in [0.29, 0.717) is 0 Å². The fourth-order valence-corrected chi connectivity index (χ4v) is 1.08. The fraction of sp³-hybridized carbons (Fsp3) is 0.222. The molecule has 0 spiro atoms. The van der Waals surface area contributed by atoms with Gasteiger partial charge >= 0.3 is 5.69 Å². The van der Waals surface area contributed by atoms with Crippen LogP contribution in [-0.4, -0.2) is 33.6 Å². The average molecular weight is 251 g/mol. The van der Waals surface area contributed by atoms with Crippen molar-refractivity contribution in [1.29, 1.82) is 5.26 Å². The second-order valence-electron chi connectivity index (χ2n) is 3.26. The minimum absolute atomic E-state index is 0.0303. The Morgan fingerprint density at radius 3 is 2.94 bits per heavy atom. The Hall–Kier alpha value is -2.73. The first-order valence-corrected chi connectivity index (χ1v) is 4.71. The Kier molecular flexibility index (Phi) is 4.11. The number of anilines is 1. The van der Waals surface area contributed by atoms with Crippen molar-refractivity contribution in [2.45, 2.75) is 6.10 Å². The fourth-order valence-electron chi connectivity index (χ4n) is 1.08. The topological polar surface area (TPSA) is 155 Å². The van der Waals surface area contributed by atoms with Gasteiger partial charge in [0.2, 0.25) is 11.7 Å². The zero-order valence-electron chi connectivity index (χ0n) is 9.03. The number of nitro groups is 1. The predicted molar refractivity (Wildman–Crippen MR) is 59.3 cm³/mol. The number of carbonyl (C=O) groups excluding carboxylic acids is 1. The van der Waals surface area contributed by atoms with Crippen molar-refractivity contribution in [3.05, 3.63) is 27.9 Å². The van der Waals surface area contributed by atoms with E-state index in [1.54, 1.807) is 6.07 Å². The molecule has 0 aliphatic carbocycles. The van der Waals surface area contributed by atoms with Crippen molar-refractivity contribution in [3.63, 3.8) is 0 Å². The first kappa shape index (κ1) is 13.3. The van der Waals surface area contributed by atoms with Gasteiger partial charge in [0.25, 0.3) is 0 Å². The Bertz CT molecular complexity index is 524.